The molecule has 1 aliphatic rings. The molecular formula is C40H49BBr2N6O6. The van der Waals surface area contributed by atoms with E-state index in [2.05, 4.69) is 51.8 Å². The lowest BCUT2D eigenvalue weighted by atomic mass is 9.77. The van der Waals surface area contributed by atoms with Crippen molar-refractivity contribution in [3.05, 3.63) is 81.0 Å². The fraction of sp³-hybridized carbons (Fsp3) is 0.425. The molecule has 1 N–H and O–H groups in total. The number of aryl methyl sites for hydroxylation is 1. The lowest BCUT2D eigenvalue weighted by molar-refractivity contribution is 0.00578. The maximum absolute atomic E-state index is 12.8. The van der Waals surface area contributed by atoms with Gasteiger partial charge < -0.3 is 23.8 Å². The van der Waals surface area contributed by atoms with Crippen molar-refractivity contribution in [3.63, 3.8) is 0 Å². The lowest BCUT2D eigenvalue weighted by Crippen LogP contribution is -2.41. The van der Waals surface area contributed by atoms with Crippen LogP contribution in [-0.4, -0.2) is 70.8 Å². The summed E-state index contributed by atoms with van der Waals surface area (Å²) < 4.78 is 28.4. The number of pyridine rings is 3. The van der Waals surface area contributed by atoms with E-state index in [0.29, 0.717) is 17.0 Å². The Hall–Kier alpha value is -4.05. The molecule has 0 unspecified atom stereocenters. The number of hydrogen-bond donors (Lipinski definition) is 1. The van der Waals surface area contributed by atoms with Gasteiger partial charge in [0.15, 0.2) is 5.65 Å². The number of rotatable bonds is 1. The molecule has 0 bridgehead atoms. The minimum Gasteiger partial charge on any atom is -0.443 e. The first-order chi connectivity index (χ1) is 25.4. The average Bonchev–Trinajstić information content (AvgIpc) is 3.70. The molecule has 0 aromatic carbocycles. The van der Waals surface area contributed by atoms with Crippen molar-refractivity contribution in [2.75, 3.05) is 0 Å². The molecule has 6 aromatic rings. The van der Waals surface area contributed by atoms with Crippen molar-refractivity contribution in [1.29, 1.82) is 0 Å². The minimum atomic E-state index is -0.598. The van der Waals surface area contributed by atoms with Crippen LogP contribution in [0, 0.1) is 20.8 Å². The fourth-order valence-corrected chi connectivity index (χ4v) is 6.80. The molecule has 1 saturated heterocycles. The van der Waals surface area contributed by atoms with Gasteiger partial charge in [-0.15, -0.1) is 0 Å². The molecule has 0 radical (unpaired) electrons. The second-order valence-electron chi connectivity index (χ2n) is 16.3. The highest BCUT2D eigenvalue weighted by molar-refractivity contribution is 9.11. The largest absolute Gasteiger partial charge is 0.497 e. The number of halogens is 2. The van der Waals surface area contributed by atoms with Crippen LogP contribution >= 0.6 is 31.9 Å². The summed E-state index contributed by atoms with van der Waals surface area (Å²) in [5, 5.41) is 2.88. The van der Waals surface area contributed by atoms with Crippen LogP contribution in [0.5, 0.6) is 0 Å². The summed E-state index contributed by atoms with van der Waals surface area (Å²) in [5.41, 5.74) is 3.48. The molecule has 12 nitrogen and oxygen atoms in total. The van der Waals surface area contributed by atoms with Crippen molar-refractivity contribution < 1.29 is 28.4 Å². The van der Waals surface area contributed by atoms with Crippen LogP contribution in [-0.2, 0) is 18.8 Å². The van der Waals surface area contributed by atoms with E-state index in [0.717, 1.165) is 47.6 Å². The maximum Gasteiger partial charge on any atom is 0.497 e. The van der Waals surface area contributed by atoms with E-state index in [1.54, 1.807) is 18.6 Å². The second-order valence-corrected chi connectivity index (χ2v) is 17.9. The molecule has 1 aliphatic heterocycles. The Kier molecular flexibility index (Phi) is 11.8. The van der Waals surface area contributed by atoms with Gasteiger partial charge in [0, 0.05) is 66.2 Å². The fourth-order valence-electron chi connectivity index (χ4n) is 5.89. The summed E-state index contributed by atoms with van der Waals surface area (Å²) in [6, 6.07) is 11.5. The molecule has 292 valence electrons. The summed E-state index contributed by atoms with van der Waals surface area (Å²) in [6.45, 7) is 24.8. The molecule has 0 amide bonds. The molecule has 1 fully saturated rings. The summed E-state index contributed by atoms with van der Waals surface area (Å²) in [4.78, 5) is 41.0. The Balaban J connectivity index is 0.000000172. The van der Waals surface area contributed by atoms with Gasteiger partial charge in [-0.25, -0.2) is 33.7 Å². The van der Waals surface area contributed by atoms with Gasteiger partial charge in [0.1, 0.15) is 22.5 Å². The zero-order valence-corrected chi connectivity index (χ0v) is 36.9. The van der Waals surface area contributed by atoms with E-state index in [9.17, 15) is 9.59 Å². The van der Waals surface area contributed by atoms with E-state index >= 15 is 0 Å². The molecule has 7 heterocycles. The molecule has 6 aromatic heterocycles. The molecule has 0 spiro atoms. The smallest absolute Gasteiger partial charge is 0.443 e. The summed E-state index contributed by atoms with van der Waals surface area (Å²) in [5.74, 6) is 0. The van der Waals surface area contributed by atoms with Crippen LogP contribution in [0.2, 0.25) is 0 Å². The third-order valence-electron chi connectivity index (χ3n) is 9.22. The van der Waals surface area contributed by atoms with Gasteiger partial charge in [-0.2, -0.15) is 0 Å². The van der Waals surface area contributed by atoms with E-state index in [1.807, 2.05) is 126 Å². The van der Waals surface area contributed by atoms with Gasteiger partial charge >= 0.3 is 19.3 Å². The number of nitrogens with one attached hydrogen (secondary N) is 1. The summed E-state index contributed by atoms with van der Waals surface area (Å²) in [7, 11) is -0.574. The third kappa shape index (κ3) is 8.85. The van der Waals surface area contributed by atoms with Gasteiger partial charge in [-0.3, -0.25) is 0 Å². The third-order valence-corrected chi connectivity index (χ3v) is 11.2. The summed E-state index contributed by atoms with van der Waals surface area (Å²) in [6.07, 6.45) is 4.24. The molecule has 15 heteroatoms. The molecule has 7 rings (SSSR count). The predicted octanol–water partition coefficient (Wildman–Crippen LogP) is 9.95. The second kappa shape index (κ2) is 15.5. The van der Waals surface area contributed by atoms with Gasteiger partial charge in [0.05, 0.1) is 11.2 Å². The molecule has 0 saturated carbocycles. The first-order valence-electron chi connectivity index (χ1n) is 17.9. The van der Waals surface area contributed by atoms with Gasteiger partial charge in [0.2, 0.25) is 0 Å². The highest BCUT2D eigenvalue weighted by atomic mass is 79.9. The first kappa shape index (κ1) is 42.1. The zero-order valence-electron chi connectivity index (χ0n) is 33.7. The first-order valence-corrected chi connectivity index (χ1v) is 19.5. The Morgan fingerprint density at radius 1 is 0.691 bits per heavy atom. The molecule has 55 heavy (non-hydrogen) atoms. The Labute approximate surface area is 339 Å². The van der Waals surface area contributed by atoms with E-state index in [-0.39, 0.29) is 0 Å². The van der Waals surface area contributed by atoms with Gasteiger partial charge in [-0.05, 0) is 158 Å². The number of hydrogen-bond acceptors (Lipinski definition) is 9. The molecule has 0 aliphatic carbocycles. The van der Waals surface area contributed by atoms with Crippen molar-refractivity contribution in [1.82, 2.24) is 29.1 Å². The Morgan fingerprint density at radius 3 is 1.62 bits per heavy atom. The minimum absolute atomic E-state index is 0.408. The Bertz CT molecular complexity index is 2370. The van der Waals surface area contributed by atoms with Crippen LogP contribution in [0.3, 0.4) is 0 Å². The van der Waals surface area contributed by atoms with Crippen LogP contribution < -0.4 is 5.46 Å². The van der Waals surface area contributed by atoms with Crippen LogP contribution in [0.4, 0.5) is 9.59 Å². The maximum atomic E-state index is 12.8. The number of H-pyrrole nitrogens is 1. The van der Waals surface area contributed by atoms with Crippen LogP contribution in [0.25, 0.3) is 33.1 Å². The number of aromatic amines is 1. The molecule has 0 atom stereocenters. The zero-order chi connectivity index (χ0) is 40.8. The molecular weight excluding hydrogens is 831 g/mol. The number of fused-ring (bicyclic) bond motifs is 3. The number of nitrogens with zero attached hydrogens (tertiary/aromatic N) is 5. The van der Waals surface area contributed by atoms with Gasteiger partial charge in [0.25, 0.3) is 0 Å². The van der Waals surface area contributed by atoms with Crippen molar-refractivity contribution >= 4 is 89.7 Å². The summed E-state index contributed by atoms with van der Waals surface area (Å²) >= 11 is 6.96. The van der Waals surface area contributed by atoms with E-state index < -0.39 is 41.7 Å². The van der Waals surface area contributed by atoms with Crippen LogP contribution in [0.1, 0.15) is 86.3 Å². The van der Waals surface area contributed by atoms with Crippen LogP contribution in [0.15, 0.2) is 63.9 Å². The highest BCUT2D eigenvalue weighted by Crippen LogP contribution is 2.38. The van der Waals surface area contributed by atoms with E-state index in [1.165, 1.54) is 9.13 Å². The Morgan fingerprint density at radius 2 is 1.13 bits per heavy atom. The normalized spacial score (nSPS) is 15.1. The van der Waals surface area contributed by atoms with Crippen molar-refractivity contribution in [3.8, 4) is 0 Å². The monoisotopic (exact) mass is 878 g/mol. The SMILES string of the molecule is Cc1[nH]c2ncccc2c1Br.Cc1c(B2OC(C)(C)C(C)(C)O2)c2cccnc2n1C(=O)OC(C)(C)C.Cc1c(Br)c2cccnc2n1C(=O)OC(C)(C)C. The lowest BCUT2D eigenvalue weighted by Gasteiger charge is -2.32. The quantitative estimate of drug-likeness (QED) is 0.160. The van der Waals surface area contributed by atoms with Gasteiger partial charge in [-0.1, -0.05) is 0 Å². The van der Waals surface area contributed by atoms with E-state index in [4.69, 9.17) is 18.8 Å². The number of carbonyl (C=O) groups is 2. The standard InChI is InChI=1S/C19H27BN2O4.C13H15BrN2O2.C8H7BrN2/c1-12-14(20-25-18(5,6)19(7,8)26-20)13-10-9-11-21-15(13)22(12)16(23)24-17(2,3)4;1-8-10(14)9-6-5-7-15-11(9)16(8)12(17)18-13(2,3)4;1-5-7(9)6-3-2-4-10-8(6)11-5/h9-11H,1-8H3;5-7H,1-4H3;2-4H,1H3,(H,10,11). The highest BCUT2D eigenvalue weighted by Gasteiger charge is 2.53. The number of ether oxygens (including phenoxy) is 2. The predicted molar refractivity (Wildman–Crippen MR) is 224 cm³/mol. The average molecular weight is 880 g/mol. The number of aromatic nitrogens is 6. The topological polar surface area (TPSA) is 135 Å². The van der Waals surface area contributed by atoms with Crippen molar-refractivity contribution in [2.24, 2.45) is 0 Å². The van der Waals surface area contributed by atoms with Crippen molar-refractivity contribution in [2.45, 2.75) is 112 Å². The number of carbonyl (C=O) groups excluding carboxylic acids is 2.